The van der Waals surface area contributed by atoms with Crippen molar-refractivity contribution in [2.45, 2.75) is 61.4 Å². The van der Waals surface area contributed by atoms with Gasteiger partial charge in [-0.05, 0) is 0 Å². The molecule has 12 nitrogen and oxygen atoms in total. The number of aliphatic hydroxyl groups excluding tert-OH is 7. The van der Waals surface area contributed by atoms with Gasteiger partial charge >= 0.3 is 5.97 Å². The first-order valence-corrected chi connectivity index (χ1v) is 7.46. The van der Waals surface area contributed by atoms with Crippen LogP contribution in [0, 0.1) is 0 Å². The summed E-state index contributed by atoms with van der Waals surface area (Å²) in [5, 5.41) is 67.8. The van der Waals surface area contributed by atoms with Crippen molar-refractivity contribution in [3.8, 4) is 0 Å². The second-order valence-corrected chi connectivity index (χ2v) is 5.75. The highest BCUT2D eigenvalue weighted by Crippen LogP contribution is 2.29. The molecule has 12 heteroatoms. The Morgan fingerprint density at radius 3 is 2.12 bits per heavy atom. The van der Waals surface area contributed by atoms with Gasteiger partial charge in [-0.25, -0.2) is 4.79 Å². The Hall–Kier alpha value is -0.930. The molecule has 2 heterocycles. The highest BCUT2D eigenvalue weighted by Gasteiger charge is 2.52. The lowest BCUT2D eigenvalue weighted by atomic mass is 9.97. The minimum Gasteiger partial charge on any atom is -0.467 e. The second kappa shape index (κ2) is 8.18. The zero-order chi connectivity index (χ0) is 18.9. The Bertz CT molecular complexity index is 458. The fraction of sp³-hybridized carbons (Fsp3) is 0.923. The van der Waals surface area contributed by atoms with E-state index in [1.807, 2.05) is 0 Å². The molecule has 2 saturated heterocycles. The summed E-state index contributed by atoms with van der Waals surface area (Å²) in [4.78, 5) is 11.8. The van der Waals surface area contributed by atoms with Gasteiger partial charge in [-0.15, -0.1) is 0 Å². The van der Waals surface area contributed by atoms with Crippen LogP contribution in [0.3, 0.4) is 0 Å². The van der Waals surface area contributed by atoms with Crippen LogP contribution in [-0.2, 0) is 23.7 Å². The van der Waals surface area contributed by atoms with Crippen LogP contribution in [0.2, 0.25) is 0 Å². The van der Waals surface area contributed by atoms with Crippen LogP contribution < -0.4 is 0 Å². The molecule has 0 aromatic carbocycles. The molecule has 0 aromatic heterocycles. The largest absolute Gasteiger partial charge is 0.467 e. The molecule has 7 N–H and O–H groups in total. The van der Waals surface area contributed by atoms with E-state index in [4.69, 9.17) is 19.3 Å². The van der Waals surface area contributed by atoms with E-state index in [2.05, 4.69) is 4.74 Å². The van der Waals surface area contributed by atoms with Crippen molar-refractivity contribution < 1.29 is 59.5 Å². The van der Waals surface area contributed by atoms with Gasteiger partial charge in [0, 0.05) is 0 Å². The summed E-state index contributed by atoms with van der Waals surface area (Å²) in [6, 6.07) is 0. The zero-order valence-electron chi connectivity index (χ0n) is 13.2. The number of aliphatic hydroxyl groups is 7. The van der Waals surface area contributed by atoms with Gasteiger partial charge in [0.1, 0.15) is 42.7 Å². The van der Waals surface area contributed by atoms with E-state index in [9.17, 15) is 35.4 Å². The number of esters is 1. The van der Waals surface area contributed by atoms with Crippen LogP contribution in [0.25, 0.3) is 0 Å². The maximum Gasteiger partial charge on any atom is 0.337 e. The quantitative estimate of drug-likeness (QED) is 0.233. The monoisotopic (exact) mass is 370 g/mol. The average molecular weight is 370 g/mol. The molecule has 0 unspecified atom stereocenters. The molecule has 0 amide bonds. The minimum absolute atomic E-state index is 0.712. The standard InChI is InChI=1S/C13H22O12/c1-22-12(21)10-9(6(17)7(18)11(20)24-10)25-13-8(19)5(16)4(15)3(2-14)23-13/h3-11,13-20H,2H2,1H3/t3-,4+,5+,6-,7-,8-,9+,10+,11-,13+/m1/s1. The molecule has 0 aliphatic carbocycles. The Morgan fingerprint density at radius 2 is 1.56 bits per heavy atom. The highest BCUT2D eigenvalue weighted by molar-refractivity contribution is 5.75. The van der Waals surface area contributed by atoms with Gasteiger partial charge in [0.2, 0.25) is 0 Å². The summed E-state index contributed by atoms with van der Waals surface area (Å²) in [6.07, 6.45) is -17.0. The van der Waals surface area contributed by atoms with Gasteiger partial charge in [-0.2, -0.15) is 0 Å². The SMILES string of the molecule is COC(=O)[C@H]1O[C@@H](O)[C@H](O)[C@@H](O)[C@@H]1O[C@@H]1O[C@H](CO)[C@H](O)[C@H](O)[C@H]1O. The molecular weight excluding hydrogens is 348 g/mol. The van der Waals surface area contributed by atoms with Crippen LogP contribution in [0.5, 0.6) is 0 Å². The van der Waals surface area contributed by atoms with Crippen molar-refractivity contribution in [3.63, 3.8) is 0 Å². The van der Waals surface area contributed by atoms with Crippen LogP contribution in [0.4, 0.5) is 0 Å². The predicted molar refractivity (Wildman–Crippen MR) is 73.5 cm³/mol. The van der Waals surface area contributed by atoms with Crippen molar-refractivity contribution in [2.75, 3.05) is 13.7 Å². The van der Waals surface area contributed by atoms with Gasteiger partial charge in [-0.1, -0.05) is 0 Å². The first kappa shape index (κ1) is 20.4. The Morgan fingerprint density at radius 1 is 0.920 bits per heavy atom. The van der Waals surface area contributed by atoms with E-state index in [1.165, 1.54) is 0 Å². The lowest BCUT2D eigenvalue weighted by molar-refractivity contribution is -0.350. The summed E-state index contributed by atoms with van der Waals surface area (Å²) in [7, 11) is 1.01. The third-order valence-corrected chi connectivity index (χ3v) is 4.14. The fourth-order valence-corrected chi connectivity index (χ4v) is 2.64. The Kier molecular flexibility index (Phi) is 6.67. The smallest absolute Gasteiger partial charge is 0.337 e. The van der Waals surface area contributed by atoms with Crippen molar-refractivity contribution in [2.24, 2.45) is 0 Å². The molecular formula is C13H22O12. The molecule has 0 spiro atoms. The van der Waals surface area contributed by atoms with Crippen molar-refractivity contribution >= 4 is 5.97 Å². The summed E-state index contributed by atoms with van der Waals surface area (Å²) in [6.45, 7) is -0.712. The molecule has 0 bridgehead atoms. The number of rotatable bonds is 4. The molecule has 2 aliphatic heterocycles. The first-order valence-electron chi connectivity index (χ1n) is 7.46. The van der Waals surface area contributed by atoms with Gasteiger partial charge in [0.25, 0.3) is 0 Å². The Labute approximate surface area is 141 Å². The van der Waals surface area contributed by atoms with Crippen molar-refractivity contribution in [1.82, 2.24) is 0 Å². The van der Waals surface area contributed by atoms with Crippen molar-refractivity contribution in [3.05, 3.63) is 0 Å². The van der Waals surface area contributed by atoms with Crippen LogP contribution in [-0.4, -0.2) is 117 Å². The maximum absolute atomic E-state index is 11.8. The number of carbonyl (C=O) groups is 1. The molecule has 0 radical (unpaired) electrons. The number of methoxy groups -OCH3 is 1. The van der Waals surface area contributed by atoms with E-state index >= 15 is 0 Å². The molecule has 2 aliphatic rings. The zero-order valence-corrected chi connectivity index (χ0v) is 13.2. The van der Waals surface area contributed by atoms with Gasteiger partial charge in [-0.3, -0.25) is 0 Å². The molecule has 10 atom stereocenters. The predicted octanol–water partition coefficient (Wildman–Crippen LogP) is -5.22. The summed E-state index contributed by atoms with van der Waals surface area (Å²) < 4.78 is 19.7. The van der Waals surface area contributed by atoms with Gasteiger partial charge in [0.15, 0.2) is 18.7 Å². The highest BCUT2D eigenvalue weighted by atomic mass is 16.7. The number of ether oxygens (including phenoxy) is 4. The van der Waals surface area contributed by atoms with E-state index in [0.717, 1.165) is 7.11 Å². The second-order valence-electron chi connectivity index (χ2n) is 5.75. The van der Waals surface area contributed by atoms with Crippen molar-refractivity contribution in [1.29, 1.82) is 0 Å². The number of hydrogen-bond donors (Lipinski definition) is 7. The molecule has 2 fully saturated rings. The Balaban J connectivity index is 2.20. The average Bonchev–Trinajstić information content (AvgIpc) is 2.61. The molecule has 25 heavy (non-hydrogen) atoms. The normalized spacial score (nSPS) is 48.2. The molecule has 0 aromatic rings. The van der Waals surface area contributed by atoms with E-state index in [1.54, 1.807) is 0 Å². The maximum atomic E-state index is 11.8. The van der Waals surface area contributed by atoms with E-state index in [0.29, 0.717) is 0 Å². The first-order chi connectivity index (χ1) is 11.7. The molecule has 146 valence electrons. The summed E-state index contributed by atoms with van der Waals surface area (Å²) in [5.74, 6) is -1.04. The number of carbonyl (C=O) groups excluding carboxylic acids is 1. The molecule has 2 rings (SSSR count). The number of hydrogen-bond acceptors (Lipinski definition) is 12. The summed E-state index contributed by atoms with van der Waals surface area (Å²) in [5.41, 5.74) is 0. The minimum atomic E-state index is -1.89. The summed E-state index contributed by atoms with van der Waals surface area (Å²) >= 11 is 0. The fourth-order valence-electron chi connectivity index (χ4n) is 2.64. The topological polar surface area (TPSA) is 196 Å². The van der Waals surface area contributed by atoms with E-state index in [-0.39, 0.29) is 0 Å². The van der Waals surface area contributed by atoms with Crippen LogP contribution >= 0.6 is 0 Å². The third kappa shape index (κ3) is 3.93. The lowest BCUT2D eigenvalue weighted by Gasteiger charge is -2.44. The van der Waals surface area contributed by atoms with Crippen LogP contribution in [0.1, 0.15) is 0 Å². The van der Waals surface area contributed by atoms with Crippen LogP contribution in [0.15, 0.2) is 0 Å². The molecule has 0 saturated carbocycles. The third-order valence-electron chi connectivity index (χ3n) is 4.14. The van der Waals surface area contributed by atoms with Gasteiger partial charge < -0.3 is 54.7 Å². The van der Waals surface area contributed by atoms with Gasteiger partial charge in [0.05, 0.1) is 13.7 Å². The van der Waals surface area contributed by atoms with E-state index < -0.39 is 74.0 Å². The lowest BCUT2D eigenvalue weighted by Crippen LogP contribution is -2.65.